The Morgan fingerprint density at radius 2 is 1.35 bits per heavy atom. The van der Waals surface area contributed by atoms with Crippen molar-refractivity contribution in [1.29, 1.82) is 0 Å². The third-order valence-electron chi connectivity index (χ3n) is 5.98. The molecule has 0 amide bonds. The van der Waals surface area contributed by atoms with E-state index in [-0.39, 0.29) is 11.8 Å². The number of ether oxygens (including phenoxy) is 1. The minimum Gasteiger partial charge on any atom is -0.507 e. The molecule has 1 N–H and O–H groups in total. The van der Waals surface area contributed by atoms with E-state index in [1.807, 2.05) is 30.3 Å². The highest BCUT2D eigenvalue weighted by molar-refractivity contribution is 6.11. The lowest BCUT2D eigenvalue weighted by molar-refractivity contribution is 0.281. The molecule has 0 saturated carbocycles. The zero-order valence-corrected chi connectivity index (χ0v) is 19.2. The first-order valence-corrected chi connectivity index (χ1v) is 11.8. The molecule has 0 aliphatic heterocycles. The molecule has 0 spiro atoms. The van der Waals surface area contributed by atoms with Gasteiger partial charge in [0.05, 0.1) is 12.2 Å². The largest absolute Gasteiger partial charge is 0.507 e. The number of phenolic OH excluding ortho intramolecular Hbond substituents is 1. The molecule has 170 valence electrons. The molecule has 1 heterocycles. The van der Waals surface area contributed by atoms with E-state index >= 15 is 0 Å². The Morgan fingerprint density at radius 3 is 2.06 bits per heavy atom. The first-order chi connectivity index (χ1) is 16.7. The molecule has 0 aliphatic rings. The Labute approximate surface area is 199 Å². The van der Waals surface area contributed by atoms with Crippen LogP contribution >= 0.6 is 0 Å². The molecule has 0 aliphatic carbocycles. The van der Waals surface area contributed by atoms with Crippen molar-refractivity contribution < 1.29 is 9.84 Å². The summed E-state index contributed by atoms with van der Waals surface area (Å²) in [5.74, 6) is 1.05. The van der Waals surface area contributed by atoms with Crippen LogP contribution in [0.4, 0.5) is 0 Å². The van der Waals surface area contributed by atoms with Gasteiger partial charge in [0.1, 0.15) is 5.75 Å². The number of fused-ring (bicyclic) bond motifs is 2. The highest BCUT2D eigenvalue weighted by atomic mass is 16.5. The lowest BCUT2D eigenvalue weighted by Gasteiger charge is -2.13. The summed E-state index contributed by atoms with van der Waals surface area (Å²) in [6.45, 7) is 2.73. The van der Waals surface area contributed by atoms with Gasteiger partial charge in [-0.1, -0.05) is 86.8 Å². The molecule has 0 fully saturated rings. The van der Waals surface area contributed by atoms with Crippen LogP contribution in [0.5, 0.6) is 11.8 Å². The summed E-state index contributed by atoms with van der Waals surface area (Å²) in [6, 6.07) is 26.0. The molecule has 0 radical (unpaired) electrons. The summed E-state index contributed by atoms with van der Waals surface area (Å²) in [7, 11) is 0. The van der Waals surface area contributed by atoms with Crippen LogP contribution in [0.25, 0.3) is 44.3 Å². The third-order valence-corrected chi connectivity index (χ3v) is 5.98. The lowest BCUT2D eigenvalue weighted by atomic mass is 9.96. The molecule has 5 aromatic rings. The third kappa shape index (κ3) is 4.42. The number of unbranched alkanes of at least 4 members (excludes halogenated alkanes) is 3. The molecular formula is C29H27N3O2. The Hall–Kier alpha value is -3.99. The van der Waals surface area contributed by atoms with Crippen molar-refractivity contribution in [2.24, 2.45) is 0 Å². The van der Waals surface area contributed by atoms with Crippen LogP contribution < -0.4 is 4.74 Å². The van der Waals surface area contributed by atoms with Gasteiger partial charge in [-0.2, -0.15) is 9.97 Å². The Bertz CT molecular complexity index is 1390. The van der Waals surface area contributed by atoms with E-state index in [9.17, 15) is 5.11 Å². The summed E-state index contributed by atoms with van der Waals surface area (Å²) in [5, 5.41) is 14.8. The Morgan fingerprint density at radius 1 is 0.706 bits per heavy atom. The number of phenols is 1. The lowest BCUT2D eigenvalue weighted by Crippen LogP contribution is -2.05. The van der Waals surface area contributed by atoms with Gasteiger partial charge in [-0.15, -0.1) is 0 Å². The smallest absolute Gasteiger partial charge is 0.320 e. The fourth-order valence-electron chi connectivity index (χ4n) is 4.26. The molecule has 34 heavy (non-hydrogen) atoms. The average molecular weight is 450 g/mol. The van der Waals surface area contributed by atoms with Crippen molar-refractivity contribution in [1.82, 2.24) is 15.0 Å². The minimum atomic E-state index is 0.122. The summed E-state index contributed by atoms with van der Waals surface area (Å²) < 4.78 is 6.00. The minimum absolute atomic E-state index is 0.122. The van der Waals surface area contributed by atoms with Crippen molar-refractivity contribution in [2.45, 2.75) is 32.6 Å². The normalized spacial score (nSPS) is 11.2. The average Bonchev–Trinajstić information content (AvgIpc) is 2.87. The van der Waals surface area contributed by atoms with Crippen LogP contribution in [0.15, 0.2) is 78.9 Å². The maximum absolute atomic E-state index is 10.5. The van der Waals surface area contributed by atoms with Gasteiger partial charge in [-0.3, -0.25) is 0 Å². The number of hydrogen-bond acceptors (Lipinski definition) is 5. The van der Waals surface area contributed by atoms with E-state index in [0.717, 1.165) is 39.9 Å². The molecule has 1 aromatic heterocycles. The fourth-order valence-corrected chi connectivity index (χ4v) is 4.26. The van der Waals surface area contributed by atoms with E-state index < -0.39 is 0 Å². The van der Waals surface area contributed by atoms with Gasteiger partial charge in [-0.25, -0.2) is 4.98 Å². The second-order valence-corrected chi connectivity index (χ2v) is 8.39. The van der Waals surface area contributed by atoms with Crippen molar-refractivity contribution >= 4 is 21.5 Å². The molecule has 5 nitrogen and oxygen atoms in total. The maximum atomic E-state index is 10.5. The number of para-hydroxylation sites is 1. The highest BCUT2D eigenvalue weighted by Crippen LogP contribution is 2.36. The van der Waals surface area contributed by atoms with Gasteiger partial charge >= 0.3 is 6.01 Å². The van der Waals surface area contributed by atoms with E-state index in [1.54, 1.807) is 18.2 Å². The van der Waals surface area contributed by atoms with Crippen molar-refractivity contribution in [2.75, 3.05) is 6.61 Å². The van der Waals surface area contributed by atoms with Crippen molar-refractivity contribution in [3.8, 4) is 34.5 Å². The number of hydrogen-bond donors (Lipinski definition) is 1. The van der Waals surface area contributed by atoms with Crippen LogP contribution in [-0.2, 0) is 0 Å². The van der Waals surface area contributed by atoms with Crippen molar-refractivity contribution in [3.05, 3.63) is 78.9 Å². The first-order valence-electron chi connectivity index (χ1n) is 11.8. The Balaban J connectivity index is 1.69. The number of benzene rings is 4. The molecule has 0 atom stereocenters. The number of aromatic hydroxyl groups is 1. The van der Waals surface area contributed by atoms with Crippen LogP contribution in [0, 0.1) is 0 Å². The molecule has 0 bridgehead atoms. The van der Waals surface area contributed by atoms with E-state index in [0.29, 0.717) is 23.8 Å². The summed E-state index contributed by atoms with van der Waals surface area (Å²) in [5.41, 5.74) is 1.48. The topological polar surface area (TPSA) is 68.1 Å². The SMILES string of the molecule is CCCCCCOc1nc(-c2ccccc2O)nc(-c2c3ccccc3cc3ccccc23)n1. The zero-order chi connectivity index (χ0) is 23.3. The van der Waals surface area contributed by atoms with Crippen LogP contribution in [-0.4, -0.2) is 26.7 Å². The van der Waals surface area contributed by atoms with Crippen molar-refractivity contribution in [3.63, 3.8) is 0 Å². The maximum Gasteiger partial charge on any atom is 0.320 e. The molecular weight excluding hydrogens is 422 g/mol. The van der Waals surface area contributed by atoms with E-state index in [2.05, 4.69) is 42.2 Å². The predicted molar refractivity (Wildman–Crippen MR) is 137 cm³/mol. The van der Waals surface area contributed by atoms with Gasteiger partial charge in [-0.05, 0) is 46.2 Å². The number of nitrogens with zero attached hydrogens (tertiary/aromatic N) is 3. The molecule has 5 heteroatoms. The fraction of sp³-hybridized carbons (Fsp3) is 0.207. The quantitative estimate of drug-likeness (QED) is 0.201. The number of rotatable bonds is 8. The van der Waals surface area contributed by atoms with E-state index in [1.165, 1.54) is 12.8 Å². The molecule has 4 aromatic carbocycles. The van der Waals surface area contributed by atoms with Gasteiger partial charge in [0.25, 0.3) is 0 Å². The Kier molecular flexibility index (Phi) is 6.34. The van der Waals surface area contributed by atoms with Gasteiger partial charge in [0.2, 0.25) is 0 Å². The monoisotopic (exact) mass is 449 g/mol. The molecule has 0 unspecified atom stereocenters. The van der Waals surface area contributed by atoms with Crippen LogP contribution in [0.3, 0.4) is 0 Å². The van der Waals surface area contributed by atoms with Crippen LogP contribution in [0.2, 0.25) is 0 Å². The molecule has 5 rings (SSSR count). The standard InChI is InChI=1S/C29H27N3O2/c1-2-3-4-11-18-34-29-31-27(24-16-9-10-17-25(24)33)30-28(32-29)26-22-14-7-5-12-20(22)19-21-13-6-8-15-23(21)26/h5-10,12-17,19,33H,2-4,11,18H2,1H3. The van der Waals surface area contributed by atoms with Gasteiger partial charge in [0, 0.05) is 5.56 Å². The summed E-state index contributed by atoms with van der Waals surface area (Å²) in [4.78, 5) is 14.1. The second-order valence-electron chi connectivity index (χ2n) is 8.39. The zero-order valence-electron chi connectivity index (χ0n) is 19.2. The predicted octanol–water partition coefficient (Wildman–Crippen LogP) is 7.18. The summed E-state index contributed by atoms with van der Waals surface area (Å²) >= 11 is 0. The number of aromatic nitrogens is 3. The first kappa shape index (κ1) is 21.8. The molecule has 0 saturated heterocycles. The van der Waals surface area contributed by atoms with Crippen LogP contribution in [0.1, 0.15) is 32.6 Å². The van der Waals surface area contributed by atoms with Gasteiger partial charge < -0.3 is 9.84 Å². The van der Waals surface area contributed by atoms with Gasteiger partial charge in [0.15, 0.2) is 11.6 Å². The second kappa shape index (κ2) is 9.87. The highest BCUT2D eigenvalue weighted by Gasteiger charge is 2.18. The summed E-state index contributed by atoms with van der Waals surface area (Å²) in [6.07, 6.45) is 4.39. The van der Waals surface area contributed by atoms with E-state index in [4.69, 9.17) is 14.7 Å².